The van der Waals surface area contributed by atoms with Gasteiger partial charge in [0.25, 0.3) is 0 Å². The SMILES string of the molecule is CCNC(=NCc1c(O)ccc2c1CCCC2)NC1CCCSC1. The highest BCUT2D eigenvalue weighted by atomic mass is 32.2. The first-order valence-electron chi connectivity index (χ1n) is 9.23. The summed E-state index contributed by atoms with van der Waals surface area (Å²) in [6.45, 7) is 3.49. The first kappa shape index (κ1) is 17.5. The zero-order chi connectivity index (χ0) is 16.8. The van der Waals surface area contributed by atoms with E-state index in [9.17, 15) is 5.11 Å². The maximum Gasteiger partial charge on any atom is 0.191 e. The zero-order valence-electron chi connectivity index (χ0n) is 14.6. The van der Waals surface area contributed by atoms with Gasteiger partial charge < -0.3 is 15.7 Å². The average molecular weight is 348 g/mol. The van der Waals surface area contributed by atoms with Gasteiger partial charge in [0, 0.05) is 23.9 Å². The summed E-state index contributed by atoms with van der Waals surface area (Å²) in [7, 11) is 0. The second-order valence-corrected chi connectivity index (χ2v) is 7.81. The van der Waals surface area contributed by atoms with Crippen molar-refractivity contribution in [2.45, 2.75) is 58.0 Å². The highest BCUT2D eigenvalue weighted by molar-refractivity contribution is 7.99. The maximum absolute atomic E-state index is 10.3. The molecule has 1 heterocycles. The van der Waals surface area contributed by atoms with Crippen LogP contribution in [0.4, 0.5) is 0 Å². The molecule has 1 aliphatic heterocycles. The molecule has 1 aliphatic carbocycles. The fourth-order valence-corrected chi connectivity index (χ4v) is 4.67. The van der Waals surface area contributed by atoms with Gasteiger partial charge in [0.15, 0.2) is 5.96 Å². The molecule has 2 aliphatic rings. The topological polar surface area (TPSA) is 56.7 Å². The Labute approximate surface area is 149 Å². The van der Waals surface area contributed by atoms with Crippen molar-refractivity contribution >= 4 is 17.7 Å². The van der Waals surface area contributed by atoms with Crippen LogP contribution in [0, 0.1) is 0 Å². The number of phenolic OH excluding ortho intramolecular Hbond substituents is 1. The molecule has 0 radical (unpaired) electrons. The van der Waals surface area contributed by atoms with Crippen LogP contribution in [-0.4, -0.2) is 35.2 Å². The number of aryl methyl sites for hydroxylation is 1. The number of thioether (sulfide) groups is 1. The van der Waals surface area contributed by atoms with E-state index in [2.05, 4.69) is 23.6 Å². The second-order valence-electron chi connectivity index (χ2n) is 6.66. The molecule has 0 aromatic heterocycles. The summed E-state index contributed by atoms with van der Waals surface area (Å²) in [5, 5.41) is 17.2. The van der Waals surface area contributed by atoms with Crippen molar-refractivity contribution in [3.63, 3.8) is 0 Å². The molecule has 1 aromatic carbocycles. The fraction of sp³-hybridized carbons (Fsp3) is 0.632. The Morgan fingerprint density at radius 3 is 2.96 bits per heavy atom. The third kappa shape index (κ3) is 4.38. The van der Waals surface area contributed by atoms with E-state index in [0.717, 1.165) is 36.7 Å². The minimum absolute atomic E-state index is 0.392. The van der Waals surface area contributed by atoms with Gasteiger partial charge in [0.05, 0.1) is 6.54 Å². The Morgan fingerprint density at radius 2 is 2.17 bits per heavy atom. The molecule has 3 N–H and O–H groups in total. The van der Waals surface area contributed by atoms with E-state index in [4.69, 9.17) is 4.99 Å². The summed E-state index contributed by atoms with van der Waals surface area (Å²) < 4.78 is 0. The van der Waals surface area contributed by atoms with E-state index in [0.29, 0.717) is 18.3 Å². The molecule has 0 bridgehead atoms. The normalized spacial score (nSPS) is 21.2. The van der Waals surface area contributed by atoms with Crippen LogP contribution in [0.15, 0.2) is 17.1 Å². The predicted octanol–water partition coefficient (Wildman–Crippen LogP) is 3.22. The number of guanidine groups is 1. The molecular weight excluding hydrogens is 318 g/mol. The molecule has 3 rings (SSSR count). The molecule has 5 heteroatoms. The minimum Gasteiger partial charge on any atom is -0.508 e. The highest BCUT2D eigenvalue weighted by Gasteiger charge is 2.17. The van der Waals surface area contributed by atoms with Crippen molar-refractivity contribution in [1.29, 1.82) is 0 Å². The lowest BCUT2D eigenvalue weighted by Gasteiger charge is -2.25. The van der Waals surface area contributed by atoms with Crippen molar-refractivity contribution in [2.75, 3.05) is 18.1 Å². The number of hydrogen-bond donors (Lipinski definition) is 3. The molecule has 0 amide bonds. The van der Waals surface area contributed by atoms with Crippen molar-refractivity contribution in [2.24, 2.45) is 4.99 Å². The van der Waals surface area contributed by atoms with Gasteiger partial charge in [-0.3, -0.25) is 0 Å². The van der Waals surface area contributed by atoms with Crippen molar-refractivity contribution in [1.82, 2.24) is 10.6 Å². The fourth-order valence-electron chi connectivity index (χ4n) is 3.59. The van der Waals surface area contributed by atoms with E-state index < -0.39 is 0 Å². The average Bonchev–Trinajstić information content (AvgIpc) is 2.62. The molecule has 132 valence electrons. The molecule has 1 unspecified atom stereocenters. The van der Waals surface area contributed by atoms with Crippen LogP contribution in [0.1, 0.15) is 49.3 Å². The minimum atomic E-state index is 0.392. The summed E-state index contributed by atoms with van der Waals surface area (Å²) in [6, 6.07) is 4.42. The van der Waals surface area contributed by atoms with E-state index in [1.807, 2.05) is 17.8 Å². The van der Waals surface area contributed by atoms with Crippen LogP contribution >= 0.6 is 11.8 Å². The van der Waals surface area contributed by atoms with Gasteiger partial charge in [0.2, 0.25) is 0 Å². The summed E-state index contributed by atoms with van der Waals surface area (Å²) in [5.74, 6) is 3.69. The molecule has 1 saturated heterocycles. The molecule has 1 fully saturated rings. The predicted molar refractivity (Wildman–Crippen MR) is 103 cm³/mol. The zero-order valence-corrected chi connectivity index (χ0v) is 15.4. The number of nitrogens with zero attached hydrogens (tertiary/aromatic N) is 1. The van der Waals surface area contributed by atoms with E-state index in [1.165, 1.54) is 42.6 Å². The monoisotopic (exact) mass is 347 g/mol. The summed E-state index contributed by atoms with van der Waals surface area (Å²) in [6.07, 6.45) is 7.15. The molecular formula is C19H29N3OS. The van der Waals surface area contributed by atoms with Crippen LogP contribution in [0.5, 0.6) is 5.75 Å². The molecule has 4 nitrogen and oxygen atoms in total. The Kier molecular flexibility index (Phi) is 6.30. The lowest BCUT2D eigenvalue weighted by Crippen LogP contribution is -2.45. The lowest BCUT2D eigenvalue weighted by molar-refractivity contribution is 0.465. The van der Waals surface area contributed by atoms with Gasteiger partial charge in [-0.25, -0.2) is 4.99 Å². The highest BCUT2D eigenvalue weighted by Crippen LogP contribution is 2.31. The Bertz CT molecular complexity index is 582. The lowest BCUT2D eigenvalue weighted by atomic mass is 9.88. The van der Waals surface area contributed by atoms with E-state index in [1.54, 1.807) is 0 Å². The molecule has 1 aromatic rings. The van der Waals surface area contributed by atoms with Gasteiger partial charge in [-0.15, -0.1) is 0 Å². The Hall–Kier alpha value is -1.36. The van der Waals surface area contributed by atoms with E-state index in [-0.39, 0.29) is 0 Å². The van der Waals surface area contributed by atoms with Gasteiger partial charge in [-0.1, -0.05) is 6.07 Å². The number of benzene rings is 1. The third-order valence-electron chi connectivity index (χ3n) is 4.87. The van der Waals surface area contributed by atoms with Gasteiger partial charge in [-0.05, 0) is 68.4 Å². The smallest absolute Gasteiger partial charge is 0.191 e. The van der Waals surface area contributed by atoms with Crippen molar-refractivity contribution < 1.29 is 5.11 Å². The van der Waals surface area contributed by atoms with Crippen LogP contribution in [0.3, 0.4) is 0 Å². The number of rotatable bonds is 4. The van der Waals surface area contributed by atoms with Gasteiger partial charge >= 0.3 is 0 Å². The summed E-state index contributed by atoms with van der Waals surface area (Å²) in [4.78, 5) is 4.77. The number of fused-ring (bicyclic) bond motifs is 1. The first-order chi connectivity index (χ1) is 11.8. The number of aliphatic imine (C=N–C) groups is 1. The van der Waals surface area contributed by atoms with Gasteiger partial charge in [-0.2, -0.15) is 11.8 Å². The third-order valence-corrected chi connectivity index (χ3v) is 6.08. The Balaban J connectivity index is 1.73. The van der Waals surface area contributed by atoms with Crippen molar-refractivity contribution in [3.8, 4) is 5.75 Å². The molecule has 0 saturated carbocycles. The maximum atomic E-state index is 10.3. The second kappa shape index (κ2) is 8.65. The van der Waals surface area contributed by atoms with E-state index >= 15 is 0 Å². The number of aromatic hydroxyl groups is 1. The van der Waals surface area contributed by atoms with Gasteiger partial charge in [0.1, 0.15) is 5.75 Å². The summed E-state index contributed by atoms with van der Waals surface area (Å²) in [5.41, 5.74) is 3.74. The van der Waals surface area contributed by atoms with Crippen LogP contribution in [0.2, 0.25) is 0 Å². The number of nitrogens with one attached hydrogen (secondary N) is 2. The van der Waals surface area contributed by atoms with Crippen molar-refractivity contribution in [3.05, 3.63) is 28.8 Å². The number of phenols is 1. The summed E-state index contributed by atoms with van der Waals surface area (Å²) >= 11 is 2.01. The molecule has 24 heavy (non-hydrogen) atoms. The first-order valence-corrected chi connectivity index (χ1v) is 10.4. The van der Waals surface area contributed by atoms with Crippen LogP contribution < -0.4 is 10.6 Å². The van der Waals surface area contributed by atoms with Crippen LogP contribution in [-0.2, 0) is 19.4 Å². The standard InChI is InChI=1S/C19H29N3OS/c1-2-20-19(22-15-7-5-11-24-13-15)21-12-17-16-8-4-3-6-14(16)9-10-18(17)23/h9-10,15,23H,2-8,11-13H2,1H3,(H2,20,21,22). The number of hydrogen-bond acceptors (Lipinski definition) is 3. The van der Waals surface area contributed by atoms with Crippen LogP contribution in [0.25, 0.3) is 0 Å². The Morgan fingerprint density at radius 1 is 1.29 bits per heavy atom. The largest absolute Gasteiger partial charge is 0.508 e. The molecule has 0 spiro atoms. The quantitative estimate of drug-likeness (QED) is 0.578. The molecule has 1 atom stereocenters.